The molecular formula is C32H29ClFN7O2. The van der Waals surface area contributed by atoms with Crippen LogP contribution in [-0.4, -0.2) is 45.5 Å². The first-order valence-corrected chi connectivity index (χ1v) is 14.3. The molecule has 1 saturated heterocycles. The third-order valence-electron chi connectivity index (χ3n) is 7.31. The van der Waals surface area contributed by atoms with Gasteiger partial charge in [0.15, 0.2) is 5.82 Å². The van der Waals surface area contributed by atoms with Crippen molar-refractivity contribution in [3.05, 3.63) is 89.1 Å². The average molecular weight is 598 g/mol. The minimum Gasteiger partial charge on any atom is -0.481 e. The first kappa shape index (κ1) is 28.4. The number of nitrogens with one attached hydrogen (secondary N) is 3. The molecule has 1 aliphatic rings. The van der Waals surface area contributed by atoms with E-state index >= 15 is 4.39 Å². The normalized spacial score (nSPS) is 14.6. The Morgan fingerprint density at radius 2 is 1.84 bits per heavy atom. The summed E-state index contributed by atoms with van der Waals surface area (Å²) in [6.45, 7) is 2.95. The Balaban J connectivity index is 1.27. The summed E-state index contributed by atoms with van der Waals surface area (Å²) >= 11 is 6.87. The van der Waals surface area contributed by atoms with Crippen LogP contribution in [0.5, 0.6) is 5.88 Å². The van der Waals surface area contributed by atoms with Crippen LogP contribution in [0, 0.1) is 12.7 Å². The number of pyridine rings is 2. The zero-order valence-electron chi connectivity index (χ0n) is 23.6. The van der Waals surface area contributed by atoms with E-state index < -0.39 is 5.82 Å². The summed E-state index contributed by atoms with van der Waals surface area (Å²) in [7, 11) is 1.54. The summed E-state index contributed by atoms with van der Waals surface area (Å²) in [5.41, 5.74) is 4.29. The molecule has 1 aliphatic heterocycles. The van der Waals surface area contributed by atoms with Gasteiger partial charge in [-0.1, -0.05) is 41.9 Å². The molecular weight excluding hydrogens is 569 g/mol. The van der Waals surface area contributed by atoms with E-state index in [1.807, 2.05) is 18.2 Å². The number of nitrogens with zero attached hydrogens (tertiary/aromatic N) is 4. The number of carbonyl (C=O) groups is 1. The number of fused-ring (bicyclic) bond motifs is 1. The summed E-state index contributed by atoms with van der Waals surface area (Å²) in [5.74, 6) is 1.12. The van der Waals surface area contributed by atoms with Crippen molar-refractivity contribution in [3.63, 3.8) is 0 Å². The van der Waals surface area contributed by atoms with Crippen LogP contribution in [0.1, 0.15) is 24.2 Å². The molecule has 0 saturated carbocycles. The fourth-order valence-corrected chi connectivity index (χ4v) is 5.49. The van der Waals surface area contributed by atoms with E-state index in [1.165, 1.54) is 7.11 Å². The van der Waals surface area contributed by atoms with Crippen molar-refractivity contribution < 1.29 is 13.9 Å². The van der Waals surface area contributed by atoms with Gasteiger partial charge in [-0.05, 0) is 43.7 Å². The zero-order chi connectivity index (χ0) is 29.9. The molecule has 4 heterocycles. The first-order chi connectivity index (χ1) is 20.9. The average Bonchev–Trinajstić information content (AvgIpc) is 3.43. The Kier molecular flexibility index (Phi) is 8.13. The van der Waals surface area contributed by atoms with E-state index in [4.69, 9.17) is 16.3 Å². The second kappa shape index (κ2) is 12.3. The molecule has 1 atom stereocenters. The number of aromatic nitrogens is 4. The molecule has 218 valence electrons. The smallest absolute Gasteiger partial charge is 0.220 e. The van der Waals surface area contributed by atoms with Crippen LogP contribution in [0.4, 0.5) is 15.9 Å². The highest BCUT2D eigenvalue weighted by molar-refractivity contribution is 6.36. The lowest BCUT2D eigenvalue weighted by molar-refractivity contribution is -0.119. The molecule has 9 nitrogen and oxygen atoms in total. The third kappa shape index (κ3) is 5.97. The Morgan fingerprint density at radius 1 is 1.02 bits per heavy atom. The molecule has 11 heteroatoms. The van der Waals surface area contributed by atoms with Crippen molar-refractivity contribution in [1.82, 2.24) is 30.6 Å². The van der Waals surface area contributed by atoms with Crippen molar-refractivity contribution in [1.29, 1.82) is 0 Å². The Hall–Kier alpha value is -4.67. The number of ether oxygens (including phenoxy) is 1. The van der Waals surface area contributed by atoms with Crippen LogP contribution in [0.15, 0.2) is 66.9 Å². The number of halogens is 2. The van der Waals surface area contributed by atoms with E-state index in [-0.39, 0.29) is 11.9 Å². The number of carbonyl (C=O) groups excluding carboxylic acids is 1. The largest absolute Gasteiger partial charge is 0.481 e. The number of anilines is 2. The number of benzene rings is 2. The minimum atomic E-state index is -0.455. The van der Waals surface area contributed by atoms with Gasteiger partial charge in [0.1, 0.15) is 17.2 Å². The summed E-state index contributed by atoms with van der Waals surface area (Å²) in [4.78, 5) is 29.4. The number of hydrogen-bond acceptors (Lipinski definition) is 8. The SMILES string of the molecule is COc1nc(-c2cccc(-c3cccc(Nc4nc(C)nc5cccnc45)c3Cl)c2F)ccc1CNC[C@@H]1CCC(=O)N1. The summed E-state index contributed by atoms with van der Waals surface area (Å²) in [5, 5.41) is 9.89. The molecule has 0 bridgehead atoms. The molecule has 2 aromatic carbocycles. The lowest BCUT2D eigenvalue weighted by Gasteiger charge is -2.15. The van der Waals surface area contributed by atoms with Crippen LogP contribution < -0.4 is 20.7 Å². The maximum atomic E-state index is 16.1. The van der Waals surface area contributed by atoms with Gasteiger partial charge >= 0.3 is 0 Å². The molecule has 0 radical (unpaired) electrons. The predicted octanol–water partition coefficient (Wildman–Crippen LogP) is 5.98. The van der Waals surface area contributed by atoms with Crippen molar-refractivity contribution in [2.24, 2.45) is 0 Å². The molecule has 0 aliphatic carbocycles. The highest BCUT2D eigenvalue weighted by Gasteiger charge is 2.21. The van der Waals surface area contributed by atoms with Crippen LogP contribution in [-0.2, 0) is 11.3 Å². The minimum absolute atomic E-state index is 0.0793. The molecule has 1 amide bonds. The number of aryl methyl sites for hydroxylation is 1. The summed E-state index contributed by atoms with van der Waals surface area (Å²) < 4.78 is 21.7. The summed E-state index contributed by atoms with van der Waals surface area (Å²) in [6.07, 6.45) is 3.04. The Bertz CT molecular complexity index is 1830. The number of methoxy groups -OCH3 is 1. The van der Waals surface area contributed by atoms with Gasteiger partial charge in [0.2, 0.25) is 11.8 Å². The number of amides is 1. The second-order valence-corrected chi connectivity index (χ2v) is 10.6. The van der Waals surface area contributed by atoms with Crippen molar-refractivity contribution >= 4 is 40.0 Å². The standard InChI is InChI=1S/C32H29ClFN7O2/c1-18-37-26-10-5-15-36-30(26)31(38-18)40-25-9-4-6-21(28(25)33)22-7-3-8-23(29(22)34)24-13-11-19(32(41-24)43-2)16-35-17-20-12-14-27(42)39-20/h3-11,13,15,20,35H,12,14,16-17H2,1-2H3,(H,39,42)(H,37,38,40)/t20-/m0/s1. The van der Waals surface area contributed by atoms with Crippen molar-refractivity contribution in [2.75, 3.05) is 19.0 Å². The number of rotatable bonds is 9. The van der Waals surface area contributed by atoms with Gasteiger partial charge in [0.25, 0.3) is 0 Å². The monoisotopic (exact) mass is 597 g/mol. The van der Waals surface area contributed by atoms with Gasteiger partial charge in [0.05, 0.1) is 29.0 Å². The maximum Gasteiger partial charge on any atom is 0.220 e. The molecule has 6 rings (SSSR count). The van der Waals surface area contributed by atoms with Gasteiger partial charge in [-0.3, -0.25) is 9.78 Å². The lowest BCUT2D eigenvalue weighted by Crippen LogP contribution is -2.35. The summed E-state index contributed by atoms with van der Waals surface area (Å²) in [6, 6.07) is 18.0. The highest BCUT2D eigenvalue weighted by Crippen LogP contribution is 2.39. The van der Waals surface area contributed by atoms with Crippen LogP contribution in [0.25, 0.3) is 33.4 Å². The molecule has 43 heavy (non-hydrogen) atoms. The van der Waals surface area contributed by atoms with E-state index in [0.29, 0.717) is 81.2 Å². The van der Waals surface area contributed by atoms with E-state index in [1.54, 1.807) is 55.6 Å². The van der Waals surface area contributed by atoms with Gasteiger partial charge in [0, 0.05) is 54.0 Å². The quantitative estimate of drug-likeness (QED) is 0.190. The predicted molar refractivity (Wildman–Crippen MR) is 165 cm³/mol. The molecule has 1 fully saturated rings. The van der Waals surface area contributed by atoms with Crippen LogP contribution in [0.2, 0.25) is 5.02 Å². The molecule has 3 aromatic heterocycles. The second-order valence-electron chi connectivity index (χ2n) is 10.2. The zero-order valence-corrected chi connectivity index (χ0v) is 24.4. The van der Waals surface area contributed by atoms with E-state index in [9.17, 15) is 4.79 Å². The topological polar surface area (TPSA) is 114 Å². The first-order valence-electron chi connectivity index (χ1n) is 13.9. The van der Waals surface area contributed by atoms with Gasteiger partial charge in [-0.2, -0.15) is 0 Å². The van der Waals surface area contributed by atoms with E-state index in [0.717, 1.165) is 12.0 Å². The molecule has 0 unspecified atom stereocenters. The van der Waals surface area contributed by atoms with E-state index in [2.05, 4.69) is 35.9 Å². The Labute approximate surface area is 252 Å². The molecule has 5 aromatic rings. The lowest BCUT2D eigenvalue weighted by atomic mass is 9.99. The van der Waals surface area contributed by atoms with Gasteiger partial charge in [-0.15, -0.1) is 0 Å². The van der Waals surface area contributed by atoms with Gasteiger partial charge < -0.3 is 20.7 Å². The molecule has 0 spiro atoms. The van der Waals surface area contributed by atoms with Crippen molar-refractivity contribution in [2.45, 2.75) is 32.4 Å². The maximum absolute atomic E-state index is 16.1. The Morgan fingerprint density at radius 3 is 2.65 bits per heavy atom. The number of hydrogen-bond donors (Lipinski definition) is 3. The van der Waals surface area contributed by atoms with Crippen molar-refractivity contribution in [3.8, 4) is 28.3 Å². The van der Waals surface area contributed by atoms with Gasteiger partial charge in [-0.25, -0.2) is 19.3 Å². The molecule has 3 N–H and O–H groups in total. The van der Waals surface area contributed by atoms with Crippen LogP contribution >= 0.6 is 11.6 Å². The fraction of sp³-hybridized carbons (Fsp3) is 0.219. The fourth-order valence-electron chi connectivity index (χ4n) is 5.21. The highest BCUT2D eigenvalue weighted by atomic mass is 35.5. The van der Waals surface area contributed by atoms with Crippen LogP contribution in [0.3, 0.4) is 0 Å². The third-order valence-corrected chi connectivity index (χ3v) is 7.71.